The summed E-state index contributed by atoms with van der Waals surface area (Å²) in [7, 11) is 0. The molecule has 7 heteroatoms. The molecule has 0 saturated carbocycles. The standard InChI is InChI=1S/C20H13ClN2O3S/c21-16-5-3-14(4-6-16)18-12-27-20(23-18)15(10-22)9-13-1-7-17(8-2-13)26-11-19(24)25/h1-9,12H,11H2,(H,24,25)/b15-9-. The highest BCUT2D eigenvalue weighted by molar-refractivity contribution is 7.11. The van der Waals surface area contributed by atoms with Crippen molar-refractivity contribution in [3.05, 3.63) is 69.5 Å². The number of aliphatic carboxylic acids is 1. The van der Waals surface area contributed by atoms with E-state index < -0.39 is 12.6 Å². The fraction of sp³-hybridized carbons (Fsp3) is 0.0500. The number of rotatable bonds is 6. The quantitative estimate of drug-likeness (QED) is 0.593. The van der Waals surface area contributed by atoms with Gasteiger partial charge in [0.2, 0.25) is 0 Å². The second kappa shape index (κ2) is 8.49. The van der Waals surface area contributed by atoms with Gasteiger partial charge < -0.3 is 9.84 Å². The Balaban J connectivity index is 1.79. The lowest BCUT2D eigenvalue weighted by Gasteiger charge is -2.03. The van der Waals surface area contributed by atoms with Crippen molar-refractivity contribution in [1.82, 2.24) is 4.98 Å². The molecule has 0 bridgehead atoms. The maximum atomic E-state index is 10.5. The minimum atomic E-state index is -1.04. The molecule has 134 valence electrons. The molecule has 27 heavy (non-hydrogen) atoms. The summed E-state index contributed by atoms with van der Waals surface area (Å²) in [6.07, 6.45) is 1.73. The molecular weight excluding hydrogens is 384 g/mol. The first-order valence-corrected chi connectivity index (χ1v) is 9.09. The molecule has 0 aliphatic rings. The lowest BCUT2D eigenvalue weighted by atomic mass is 10.1. The Labute approximate surface area is 164 Å². The van der Waals surface area contributed by atoms with Crippen molar-refractivity contribution in [1.29, 1.82) is 5.26 Å². The molecule has 3 rings (SSSR count). The summed E-state index contributed by atoms with van der Waals surface area (Å²) < 4.78 is 5.09. The number of hydrogen-bond donors (Lipinski definition) is 1. The predicted octanol–water partition coefficient (Wildman–Crippen LogP) is 4.99. The highest BCUT2D eigenvalue weighted by atomic mass is 35.5. The second-order valence-corrected chi connectivity index (χ2v) is 6.76. The molecule has 0 aliphatic carbocycles. The number of nitriles is 1. The van der Waals surface area contributed by atoms with E-state index in [0.717, 1.165) is 16.8 Å². The van der Waals surface area contributed by atoms with Crippen molar-refractivity contribution in [3.8, 4) is 23.1 Å². The number of aromatic nitrogens is 1. The second-order valence-electron chi connectivity index (χ2n) is 5.47. The smallest absolute Gasteiger partial charge is 0.341 e. The number of carbonyl (C=O) groups is 1. The lowest BCUT2D eigenvalue weighted by Crippen LogP contribution is -2.09. The van der Waals surface area contributed by atoms with Gasteiger partial charge >= 0.3 is 5.97 Å². The Bertz CT molecular complexity index is 1020. The molecule has 0 spiro atoms. The summed E-state index contributed by atoms with van der Waals surface area (Å²) >= 11 is 7.30. The first kappa shape index (κ1) is 18.6. The van der Waals surface area contributed by atoms with Crippen LogP contribution in [0.25, 0.3) is 22.9 Å². The van der Waals surface area contributed by atoms with Gasteiger partial charge in [-0.2, -0.15) is 5.26 Å². The summed E-state index contributed by atoms with van der Waals surface area (Å²) in [6.45, 7) is -0.398. The number of benzene rings is 2. The van der Waals surface area contributed by atoms with Gasteiger partial charge in [-0.25, -0.2) is 9.78 Å². The SMILES string of the molecule is N#C/C(=C/c1ccc(OCC(=O)O)cc1)c1nc(-c2ccc(Cl)cc2)cs1. The Morgan fingerprint density at radius 2 is 1.93 bits per heavy atom. The summed E-state index contributed by atoms with van der Waals surface area (Å²) in [5.74, 6) is -0.585. The van der Waals surface area contributed by atoms with Crippen LogP contribution in [0.4, 0.5) is 0 Å². The van der Waals surface area contributed by atoms with Gasteiger partial charge in [-0.1, -0.05) is 35.9 Å². The van der Waals surface area contributed by atoms with Crippen LogP contribution >= 0.6 is 22.9 Å². The van der Waals surface area contributed by atoms with Crippen molar-refractivity contribution in [2.24, 2.45) is 0 Å². The summed E-state index contributed by atoms with van der Waals surface area (Å²) in [5, 5.41) is 21.3. The highest BCUT2D eigenvalue weighted by Crippen LogP contribution is 2.28. The first-order chi connectivity index (χ1) is 13.0. The topological polar surface area (TPSA) is 83.2 Å². The zero-order valence-corrected chi connectivity index (χ0v) is 15.5. The number of carboxylic acid groups (broad SMARTS) is 1. The summed E-state index contributed by atoms with van der Waals surface area (Å²) in [4.78, 5) is 15.1. The normalized spacial score (nSPS) is 11.0. The minimum absolute atomic E-state index is 0.398. The number of allylic oxidation sites excluding steroid dienone is 1. The number of ether oxygens (including phenoxy) is 1. The van der Waals surface area contributed by atoms with Gasteiger partial charge in [0.05, 0.1) is 11.3 Å². The fourth-order valence-electron chi connectivity index (χ4n) is 2.26. The molecule has 0 unspecified atom stereocenters. The van der Waals surface area contributed by atoms with Crippen LogP contribution in [0.3, 0.4) is 0 Å². The van der Waals surface area contributed by atoms with Crippen molar-refractivity contribution >= 4 is 40.6 Å². The van der Waals surface area contributed by atoms with Gasteiger partial charge in [-0.15, -0.1) is 11.3 Å². The van der Waals surface area contributed by atoms with Crippen LogP contribution in [0.5, 0.6) is 5.75 Å². The van der Waals surface area contributed by atoms with E-state index in [-0.39, 0.29) is 0 Å². The number of thiazole rings is 1. The molecule has 1 N–H and O–H groups in total. The fourth-order valence-corrected chi connectivity index (χ4v) is 3.19. The Hall–Kier alpha value is -3.14. The maximum Gasteiger partial charge on any atom is 0.341 e. The van der Waals surface area contributed by atoms with Gasteiger partial charge in [0.1, 0.15) is 16.8 Å². The monoisotopic (exact) mass is 396 g/mol. The Morgan fingerprint density at radius 1 is 1.22 bits per heavy atom. The molecule has 0 fully saturated rings. The van der Waals surface area contributed by atoms with Crippen molar-refractivity contribution in [2.45, 2.75) is 0 Å². The predicted molar refractivity (Wildman–Crippen MR) is 106 cm³/mol. The molecule has 3 aromatic rings. The van der Waals surface area contributed by atoms with Gasteiger partial charge in [0.25, 0.3) is 0 Å². The van der Waals surface area contributed by atoms with Crippen molar-refractivity contribution in [3.63, 3.8) is 0 Å². The van der Waals surface area contributed by atoms with Crippen LogP contribution in [-0.4, -0.2) is 22.7 Å². The molecule has 1 aromatic heterocycles. The van der Waals surface area contributed by atoms with E-state index in [4.69, 9.17) is 21.4 Å². The molecule has 1 heterocycles. The zero-order valence-electron chi connectivity index (χ0n) is 13.9. The molecule has 0 radical (unpaired) electrons. The summed E-state index contributed by atoms with van der Waals surface area (Å²) in [5.41, 5.74) is 2.95. The molecule has 0 amide bonds. The highest BCUT2D eigenvalue weighted by Gasteiger charge is 2.09. The van der Waals surface area contributed by atoms with E-state index in [0.29, 0.717) is 21.4 Å². The Morgan fingerprint density at radius 3 is 2.56 bits per heavy atom. The van der Waals surface area contributed by atoms with Crippen LogP contribution < -0.4 is 4.74 Å². The van der Waals surface area contributed by atoms with Crippen LogP contribution in [-0.2, 0) is 4.79 Å². The van der Waals surface area contributed by atoms with E-state index in [1.54, 1.807) is 42.5 Å². The molecule has 0 atom stereocenters. The molecule has 2 aromatic carbocycles. The van der Waals surface area contributed by atoms with Gasteiger partial charge in [-0.05, 0) is 35.9 Å². The van der Waals surface area contributed by atoms with Crippen LogP contribution in [0.2, 0.25) is 5.02 Å². The van der Waals surface area contributed by atoms with Crippen molar-refractivity contribution in [2.75, 3.05) is 6.61 Å². The van der Waals surface area contributed by atoms with E-state index >= 15 is 0 Å². The summed E-state index contributed by atoms with van der Waals surface area (Å²) in [6, 6.07) is 16.4. The van der Waals surface area contributed by atoms with Crippen LogP contribution in [0.1, 0.15) is 10.6 Å². The molecule has 5 nitrogen and oxygen atoms in total. The zero-order chi connectivity index (χ0) is 19.2. The van der Waals surface area contributed by atoms with E-state index in [1.807, 2.05) is 17.5 Å². The third kappa shape index (κ3) is 4.94. The van der Waals surface area contributed by atoms with Gasteiger partial charge in [-0.3, -0.25) is 0 Å². The minimum Gasteiger partial charge on any atom is -0.482 e. The third-order valence-corrected chi connectivity index (χ3v) is 4.68. The number of nitrogens with zero attached hydrogens (tertiary/aromatic N) is 2. The van der Waals surface area contributed by atoms with Gasteiger partial charge in [0, 0.05) is 16.0 Å². The Kier molecular flexibility index (Phi) is 5.87. The van der Waals surface area contributed by atoms with Gasteiger partial charge in [0.15, 0.2) is 6.61 Å². The van der Waals surface area contributed by atoms with Crippen molar-refractivity contribution < 1.29 is 14.6 Å². The average molecular weight is 397 g/mol. The molecule has 0 saturated heterocycles. The molecular formula is C20H13ClN2O3S. The lowest BCUT2D eigenvalue weighted by molar-refractivity contribution is -0.139. The number of hydrogen-bond acceptors (Lipinski definition) is 5. The van der Waals surface area contributed by atoms with Crippen LogP contribution in [0, 0.1) is 11.3 Å². The van der Waals surface area contributed by atoms with E-state index in [9.17, 15) is 10.1 Å². The molecule has 0 aliphatic heterocycles. The number of carboxylic acids is 1. The average Bonchev–Trinajstić information content (AvgIpc) is 3.16. The first-order valence-electron chi connectivity index (χ1n) is 7.83. The largest absolute Gasteiger partial charge is 0.482 e. The maximum absolute atomic E-state index is 10.5. The van der Waals surface area contributed by atoms with E-state index in [1.165, 1.54) is 11.3 Å². The third-order valence-electron chi connectivity index (χ3n) is 3.55. The van der Waals surface area contributed by atoms with E-state index in [2.05, 4.69) is 11.1 Å². The van der Waals surface area contributed by atoms with Crippen LogP contribution in [0.15, 0.2) is 53.9 Å². The number of halogens is 1.